The second-order valence-corrected chi connectivity index (χ2v) is 11.7. The van der Waals surface area contributed by atoms with Gasteiger partial charge >= 0.3 is 0 Å². The number of anilines is 1. The van der Waals surface area contributed by atoms with Crippen LogP contribution < -0.4 is 10.3 Å². The van der Waals surface area contributed by atoms with Crippen molar-refractivity contribution in [2.24, 2.45) is 11.3 Å². The lowest BCUT2D eigenvalue weighted by Crippen LogP contribution is -2.49. The van der Waals surface area contributed by atoms with E-state index in [1.54, 1.807) is 10.6 Å². The van der Waals surface area contributed by atoms with Gasteiger partial charge in [0.1, 0.15) is 11.5 Å². The zero-order valence-corrected chi connectivity index (χ0v) is 19.3. The van der Waals surface area contributed by atoms with E-state index < -0.39 is 21.4 Å². The first-order valence-electron chi connectivity index (χ1n) is 10.7. The molecule has 0 aliphatic carbocycles. The SMILES string of the molecule is CC(C)(C)CC(=O)N1C[C@H]2C[C@H](C1)c1ccc(NS(=O)(=O)c3cccc(F)c3)c(=O)n1C2. The van der Waals surface area contributed by atoms with E-state index in [0.29, 0.717) is 26.1 Å². The number of hydrogen-bond acceptors (Lipinski definition) is 4. The smallest absolute Gasteiger partial charge is 0.275 e. The summed E-state index contributed by atoms with van der Waals surface area (Å²) in [6.07, 6.45) is 1.37. The van der Waals surface area contributed by atoms with Gasteiger partial charge in [0, 0.05) is 37.7 Å². The van der Waals surface area contributed by atoms with Gasteiger partial charge in [0.25, 0.3) is 15.6 Å². The summed E-state index contributed by atoms with van der Waals surface area (Å²) in [5, 5.41) is 0. The van der Waals surface area contributed by atoms with Crippen LogP contribution in [0.3, 0.4) is 0 Å². The molecular weight excluding hydrogens is 433 g/mol. The Hall–Kier alpha value is -2.68. The minimum Gasteiger partial charge on any atom is -0.342 e. The van der Waals surface area contributed by atoms with Crippen LogP contribution in [0.2, 0.25) is 0 Å². The Bertz CT molecular complexity index is 1220. The predicted molar refractivity (Wildman–Crippen MR) is 119 cm³/mol. The van der Waals surface area contributed by atoms with Crippen molar-refractivity contribution in [3.05, 3.63) is 58.3 Å². The second kappa shape index (κ2) is 8.03. The summed E-state index contributed by atoms with van der Waals surface area (Å²) in [7, 11) is -4.10. The van der Waals surface area contributed by atoms with Crippen molar-refractivity contribution in [3.8, 4) is 0 Å². The molecule has 0 radical (unpaired) electrons. The molecule has 172 valence electrons. The highest BCUT2D eigenvalue weighted by atomic mass is 32.2. The molecule has 7 nitrogen and oxygen atoms in total. The van der Waals surface area contributed by atoms with E-state index in [9.17, 15) is 22.4 Å². The first-order chi connectivity index (χ1) is 14.9. The zero-order valence-electron chi connectivity index (χ0n) is 18.5. The van der Waals surface area contributed by atoms with Crippen LogP contribution in [0.25, 0.3) is 0 Å². The van der Waals surface area contributed by atoms with E-state index in [1.165, 1.54) is 18.2 Å². The summed E-state index contributed by atoms with van der Waals surface area (Å²) in [6, 6.07) is 7.85. The number of carbonyl (C=O) groups excluding carboxylic acids is 1. The van der Waals surface area contributed by atoms with Gasteiger partial charge in [-0.2, -0.15) is 0 Å². The van der Waals surface area contributed by atoms with Gasteiger partial charge in [-0.3, -0.25) is 14.3 Å². The normalized spacial score (nSPS) is 20.6. The summed E-state index contributed by atoms with van der Waals surface area (Å²) in [5.41, 5.74) is 0.227. The molecule has 0 saturated carbocycles. The van der Waals surface area contributed by atoms with Gasteiger partial charge in [-0.1, -0.05) is 26.8 Å². The number of nitrogens with one attached hydrogen (secondary N) is 1. The molecule has 2 aromatic rings. The van der Waals surface area contributed by atoms with Crippen LogP contribution in [0.1, 0.15) is 45.2 Å². The number of amides is 1. The van der Waals surface area contributed by atoms with Crippen LogP contribution in [0, 0.1) is 17.2 Å². The topological polar surface area (TPSA) is 88.5 Å². The average molecular weight is 462 g/mol. The number of sulfonamides is 1. The number of aromatic nitrogens is 1. The fourth-order valence-corrected chi connectivity index (χ4v) is 5.72. The minimum atomic E-state index is -4.10. The number of piperidine rings is 1. The van der Waals surface area contributed by atoms with Gasteiger partial charge in [0.2, 0.25) is 5.91 Å². The van der Waals surface area contributed by atoms with Gasteiger partial charge in [-0.25, -0.2) is 12.8 Å². The van der Waals surface area contributed by atoms with Crippen molar-refractivity contribution in [3.63, 3.8) is 0 Å². The number of benzene rings is 1. The van der Waals surface area contributed by atoms with Crippen molar-refractivity contribution in [1.82, 2.24) is 9.47 Å². The molecule has 0 spiro atoms. The van der Waals surface area contributed by atoms with Crippen LogP contribution in [0.4, 0.5) is 10.1 Å². The monoisotopic (exact) mass is 461 g/mol. The van der Waals surface area contributed by atoms with Gasteiger partial charge in [0.05, 0.1) is 4.90 Å². The first-order valence-corrected chi connectivity index (χ1v) is 12.2. The molecule has 1 aromatic carbocycles. The Labute approximate surface area is 187 Å². The Balaban J connectivity index is 1.59. The van der Waals surface area contributed by atoms with E-state index in [0.717, 1.165) is 24.2 Å². The minimum absolute atomic E-state index is 0.0352. The summed E-state index contributed by atoms with van der Waals surface area (Å²) in [5.74, 6) is -0.373. The fraction of sp³-hybridized carbons (Fsp3) is 0.478. The van der Waals surface area contributed by atoms with E-state index in [-0.39, 0.29) is 33.7 Å². The number of rotatable bonds is 4. The molecule has 1 saturated heterocycles. The van der Waals surface area contributed by atoms with Crippen LogP contribution in [0.5, 0.6) is 0 Å². The Morgan fingerprint density at radius 1 is 1.16 bits per heavy atom. The maximum absolute atomic E-state index is 13.5. The second-order valence-electron chi connectivity index (χ2n) is 9.99. The van der Waals surface area contributed by atoms with E-state index in [1.807, 2.05) is 25.7 Å². The lowest BCUT2D eigenvalue weighted by molar-refractivity contribution is -0.135. The molecule has 2 aliphatic heterocycles. The van der Waals surface area contributed by atoms with Crippen LogP contribution in [-0.4, -0.2) is 36.9 Å². The lowest BCUT2D eigenvalue weighted by atomic mass is 9.82. The summed E-state index contributed by atoms with van der Waals surface area (Å²) in [6.45, 7) is 7.69. The number of fused-ring (bicyclic) bond motifs is 4. The predicted octanol–water partition coefficient (Wildman–Crippen LogP) is 3.17. The highest BCUT2D eigenvalue weighted by molar-refractivity contribution is 7.92. The van der Waals surface area contributed by atoms with Gasteiger partial charge < -0.3 is 9.47 Å². The molecular formula is C23H28FN3O4S. The number of halogens is 1. The lowest BCUT2D eigenvalue weighted by Gasteiger charge is -2.43. The molecule has 1 fully saturated rings. The van der Waals surface area contributed by atoms with Crippen molar-refractivity contribution < 1.29 is 17.6 Å². The molecule has 1 amide bonds. The standard InChI is InChI=1S/C23H28FN3O4S/c1-23(2,3)11-21(28)26-12-15-9-16(14-26)20-8-7-19(22(29)27(20)13-15)25-32(30,31)18-6-4-5-17(24)10-18/h4-8,10,15-16,25H,9,11-14H2,1-3H3/t15-,16-/m1/s1. The largest absolute Gasteiger partial charge is 0.342 e. The van der Waals surface area contributed by atoms with Crippen molar-refractivity contribution in [1.29, 1.82) is 0 Å². The third kappa shape index (κ3) is 4.57. The summed E-state index contributed by atoms with van der Waals surface area (Å²) < 4.78 is 42.7. The van der Waals surface area contributed by atoms with E-state index in [4.69, 9.17) is 0 Å². The van der Waals surface area contributed by atoms with Gasteiger partial charge in [0.15, 0.2) is 0 Å². The van der Waals surface area contributed by atoms with Crippen molar-refractivity contribution in [2.45, 2.75) is 51.0 Å². The molecule has 4 rings (SSSR count). The maximum atomic E-state index is 13.5. The molecule has 2 atom stereocenters. The Morgan fingerprint density at radius 2 is 1.91 bits per heavy atom. The first kappa shape index (κ1) is 22.5. The molecule has 3 heterocycles. The molecule has 0 unspecified atom stereocenters. The van der Waals surface area contributed by atoms with Crippen LogP contribution in [-0.2, 0) is 21.4 Å². The van der Waals surface area contributed by atoms with E-state index >= 15 is 0 Å². The third-order valence-electron chi connectivity index (χ3n) is 5.99. The molecule has 1 N–H and O–H groups in total. The van der Waals surface area contributed by atoms with E-state index in [2.05, 4.69) is 4.72 Å². The zero-order chi connectivity index (χ0) is 23.3. The number of carbonyl (C=O) groups is 1. The maximum Gasteiger partial charge on any atom is 0.275 e. The molecule has 9 heteroatoms. The molecule has 2 aliphatic rings. The summed E-state index contributed by atoms with van der Waals surface area (Å²) in [4.78, 5) is 27.5. The fourth-order valence-electron chi connectivity index (χ4n) is 4.63. The molecule has 1 aromatic heterocycles. The van der Waals surface area contributed by atoms with Crippen LogP contribution in [0.15, 0.2) is 46.1 Å². The number of hydrogen-bond donors (Lipinski definition) is 1. The molecule has 32 heavy (non-hydrogen) atoms. The van der Waals surface area contributed by atoms with Gasteiger partial charge in [-0.05, 0) is 48.1 Å². The highest BCUT2D eigenvalue weighted by Gasteiger charge is 2.37. The Morgan fingerprint density at radius 3 is 2.59 bits per heavy atom. The molecule has 2 bridgehead atoms. The summed E-state index contributed by atoms with van der Waals surface area (Å²) >= 11 is 0. The third-order valence-corrected chi connectivity index (χ3v) is 7.35. The quantitative estimate of drug-likeness (QED) is 0.758. The number of nitrogens with zero attached hydrogens (tertiary/aromatic N) is 2. The van der Waals surface area contributed by atoms with Crippen LogP contribution >= 0.6 is 0 Å². The number of likely N-dealkylation sites (tertiary alicyclic amines) is 1. The van der Waals surface area contributed by atoms with Crippen molar-refractivity contribution in [2.75, 3.05) is 17.8 Å². The van der Waals surface area contributed by atoms with Crippen molar-refractivity contribution >= 4 is 21.6 Å². The number of pyridine rings is 1. The average Bonchev–Trinajstić information content (AvgIpc) is 2.69. The Kier molecular flexibility index (Phi) is 5.65. The highest BCUT2D eigenvalue weighted by Crippen LogP contribution is 2.36. The van der Waals surface area contributed by atoms with Gasteiger partial charge in [-0.15, -0.1) is 0 Å².